The van der Waals surface area contributed by atoms with Gasteiger partial charge >= 0.3 is 5.97 Å². The summed E-state index contributed by atoms with van der Waals surface area (Å²) in [4.78, 5) is 39.1. The van der Waals surface area contributed by atoms with E-state index in [-0.39, 0.29) is 37.8 Å². The SMILES string of the molecule is CCCCCCCCCCCCOc1c[nH]c(C(=O)OCCN2C(=O)CCC2=O)c1. The molecule has 2 rings (SSSR count). The van der Waals surface area contributed by atoms with Crippen LogP contribution in [-0.4, -0.2) is 47.4 Å². The van der Waals surface area contributed by atoms with Crippen molar-refractivity contribution < 1.29 is 23.9 Å². The molecule has 1 N–H and O–H groups in total. The van der Waals surface area contributed by atoms with Gasteiger partial charge in [-0.05, 0) is 6.42 Å². The number of nitrogens with zero attached hydrogens (tertiary/aromatic N) is 1. The Kier molecular flexibility index (Phi) is 11.0. The zero-order valence-electron chi connectivity index (χ0n) is 18.2. The molecule has 1 aromatic heterocycles. The largest absolute Gasteiger partial charge is 0.492 e. The summed E-state index contributed by atoms with van der Waals surface area (Å²) in [5.74, 6) is -0.331. The summed E-state index contributed by atoms with van der Waals surface area (Å²) in [6, 6.07) is 1.62. The lowest BCUT2D eigenvalue weighted by molar-refractivity contribution is -0.138. The van der Waals surface area contributed by atoms with Crippen molar-refractivity contribution in [3.63, 3.8) is 0 Å². The smallest absolute Gasteiger partial charge is 0.354 e. The van der Waals surface area contributed by atoms with E-state index in [0.717, 1.165) is 17.7 Å². The van der Waals surface area contributed by atoms with Crippen molar-refractivity contribution in [3.8, 4) is 5.75 Å². The van der Waals surface area contributed by atoms with Crippen molar-refractivity contribution in [1.29, 1.82) is 0 Å². The Labute approximate surface area is 179 Å². The molecule has 0 atom stereocenters. The molecule has 30 heavy (non-hydrogen) atoms. The number of esters is 1. The molecule has 1 aromatic rings. The minimum Gasteiger partial charge on any atom is -0.492 e. The number of carbonyl (C=O) groups excluding carboxylic acids is 3. The van der Waals surface area contributed by atoms with Crippen LogP contribution in [-0.2, 0) is 14.3 Å². The molecule has 168 valence electrons. The van der Waals surface area contributed by atoms with Gasteiger partial charge in [-0.25, -0.2) is 4.79 Å². The number of unbranched alkanes of at least 4 members (excludes halogenated alkanes) is 9. The maximum Gasteiger partial charge on any atom is 0.354 e. The van der Waals surface area contributed by atoms with E-state index in [2.05, 4.69) is 11.9 Å². The number of likely N-dealkylation sites (tertiary alicyclic amines) is 1. The first-order chi connectivity index (χ1) is 14.6. The number of nitrogens with one attached hydrogen (secondary N) is 1. The van der Waals surface area contributed by atoms with Gasteiger partial charge in [0.1, 0.15) is 18.1 Å². The molecule has 2 amide bonds. The van der Waals surface area contributed by atoms with Crippen LogP contribution in [0.25, 0.3) is 0 Å². The first-order valence-electron chi connectivity index (χ1n) is 11.4. The van der Waals surface area contributed by atoms with Crippen LogP contribution in [0.2, 0.25) is 0 Å². The number of hydrogen-bond donors (Lipinski definition) is 1. The van der Waals surface area contributed by atoms with E-state index < -0.39 is 5.97 Å². The van der Waals surface area contributed by atoms with E-state index in [1.807, 2.05) is 0 Å². The molecular weight excluding hydrogens is 384 g/mol. The minimum absolute atomic E-state index is 0.00979. The number of aromatic nitrogens is 1. The predicted octanol–water partition coefficient (Wildman–Crippen LogP) is 4.62. The quantitative estimate of drug-likeness (QED) is 0.239. The highest BCUT2D eigenvalue weighted by molar-refractivity contribution is 6.01. The van der Waals surface area contributed by atoms with Gasteiger partial charge in [0.05, 0.1) is 13.2 Å². The van der Waals surface area contributed by atoms with E-state index in [1.165, 1.54) is 51.4 Å². The monoisotopic (exact) mass is 420 g/mol. The Morgan fingerprint density at radius 1 is 0.933 bits per heavy atom. The van der Waals surface area contributed by atoms with Crippen LogP contribution in [0.15, 0.2) is 12.3 Å². The highest BCUT2D eigenvalue weighted by atomic mass is 16.5. The Morgan fingerprint density at radius 2 is 1.53 bits per heavy atom. The Balaban J connectivity index is 1.51. The Hall–Kier alpha value is -2.31. The van der Waals surface area contributed by atoms with Crippen LogP contribution >= 0.6 is 0 Å². The van der Waals surface area contributed by atoms with Crippen molar-refractivity contribution in [1.82, 2.24) is 9.88 Å². The highest BCUT2D eigenvalue weighted by Crippen LogP contribution is 2.16. The van der Waals surface area contributed by atoms with Crippen molar-refractivity contribution in [2.75, 3.05) is 19.8 Å². The van der Waals surface area contributed by atoms with E-state index >= 15 is 0 Å². The first-order valence-corrected chi connectivity index (χ1v) is 11.4. The maximum absolute atomic E-state index is 12.1. The Bertz CT molecular complexity index is 654. The van der Waals surface area contributed by atoms with Crippen LogP contribution < -0.4 is 4.74 Å². The zero-order valence-corrected chi connectivity index (χ0v) is 18.2. The lowest BCUT2D eigenvalue weighted by Crippen LogP contribution is -2.32. The van der Waals surface area contributed by atoms with Crippen LogP contribution in [0.1, 0.15) is 94.5 Å². The third-order valence-corrected chi connectivity index (χ3v) is 5.35. The summed E-state index contributed by atoms with van der Waals surface area (Å²) in [5.41, 5.74) is 0.298. The fraction of sp³-hybridized carbons (Fsp3) is 0.696. The lowest BCUT2D eigenvalue weighted by atomic mass is 10.1. The van der Waals surface area contributed by atoms with Crippen LogP contribution in [0.4, 0.5) is 0 Å². The molecule has 0 radical (unpaired) electrons. The van der Waals surface area contributed by atoms with E-state index in [9.17, 15) is 14.4 Å². The van der Waals surface area contributed by atoms with Gasteiger partial charge < -0.3 is 14.5 Å². The second-order valence-electron chi connectivity index (χ2n) is 7.85. The van der Waals surface area contributed by atoms with Gasteiger partial charge in [-0.2, -0.15) is 0 Å². The van der Waals surface area contributed by atoms with E-state index in [4.69, 9.17) is 9.47 Å². The average Bonchev–Trinajstić information content (AvgIpc) is 3.34. The van der Waals surface area contributed by atoms with Crippen molar-refractivity contribution in [2.45, 2.75) is 84.0 Å². The van der Waals surface area contributed by atoms with E-state index in [0.29, 0.717) is 18.1 Å². The fourth-order valence-corrected chi connectivity index (χ4v) is 3.53. The number of amides is 2. The second-order valence-corrected chi connectivity index (χ2v) is 7.85. The van der Waals surface area contributed by atoms with Gasteiger partial charge in [0.15, 0.2) is 0 Å². The summed E-state index contributed by atoms with van der Waals surface area (Å²) in [5, 5.41) is 0. The van der Waals surface area contributed by atoms with E-state index in [1.54, 1.807) is 12.3 Å². The third kappa shape index (κ3) is 8.59. The standard InChI is InChI=1S/C23H36N2O5/c1-2-3-4-5-6-7-8-9-10-11-15-29-19-17-20(24-18-19)23(28)30-16-14-25-21(26)12-13-22(25)27/h17-18,24H,2-16H2,1H3. The van der Waals surface area contributed by atoms with Gasteiger partial charge in [0.25, 0.3) is 0 Å². The molecule has 1 saturated heterocycles. The summed E-state index contributed by atoms with van der Waals surface area (Å²) >= 11 is 0. The first kappa shape index (κ1) is 24.0. The van der Waals surface area contributed by atoms with Gasteiger partial charge in [0, 0.05) is 25.1 Å². The predicted molar refractivity (Wildman–Crippen MR) is 114 cm³/mol. The van der Waals surface area contributed by atoms with Crippen molar-refractivity contribution in [3.05, 3.63) is 18.0 Å². The molecule has 0 spiro atoms. The second kappa shape index (κ2) is 13.8. The molecular formula is C23H36N2O5. The number of rotatable bonds is 16. The number of hydrogen-bond acceptors (Lipinski definition) is 5. The van der Waals surface area contributed by atoms with Crippen molar-refractivity contribution >= 4 is 17.8 Å². The van der Waals surface area contributed by atoms with Gasteiger partial charge in [-0.1, -0.05) is 64.7 Å². The molecule has 0 bridgehead atoms. The zero-order chi connectivity index (χ0) is 21.6. The summed E-state index contributed by atoms with van der Waals surface area (Å²) < 4.78 is 10.8. The minimum atomic E-state index is -0.525. The molecule has 7 heteroatoms. The van der Waals surface area contributed by atoms with Gasteiger partial charge in [-0.3, -0.25) is 14.5 Å². The molecule has 0 saturated carbocycles. The molecule has 1 aliphatic rings. The summed E-state index contributed by atoms with van der Waals surface area (Å²) in [6.07, 6.45) is 14.9. The Morgan fingerprint density at radius 3 is 2.17 bits per heavy atom. The molecule has 1 fully saturated rings. The number of imide groups is 1. The molecule has 1 aliphatic heterocycles. The van der Waals surface area contributed by atoms with Crippen LogP contribution in [0, 0.1) is 0 Å². The average molecular weight is 421 g/mol. The number of H-pyrrole nitrogens is 1. The summed E-state index contributed by atoms with van der Waals surface area (Å²) in [6.45, 7) is 2.96. The number of aromatic amines is 1. The van der Waals surface area contributed by atoms with Crippen LogP contribution in [0.3, 0.4) is 0 Å². The number of ether oxygens (including phenoxy) is 2. The summed E-state index contributed by atoms with van der Waals surface area (Å²) in [7, 11) is 0. The fourth-order valence-electron chi connectivity index (χ4n) is 3.53. The maximum atomic E-state index is 12.1. The van der Waals surface area contributed by atoms with Crippen LogP contribution in [0.5, 0.6) is 5.75 Å². The topological polar surface area (TPSA) is 88.7 Å². The molecule has 2 heterocycles. The molecule has 0 aliphatic carbocycles. The third-order valence-electron chi connectivity index (χ3n) is 5.35. The number of carbonyl (C=O) groups is 3. The molecule has 0 aromatic carbocycles. The van der Waals surface area contributed by atoms with Gasteiger partial charge in [-0.15, -0.1) is 0 Å². The molecule has 7 nitrogen and oxygen atoms in total. The molecule has 0 unspecified atom stereocenters. The van der Waals surface area contributed by atoms with Crippen molar-refractivity contribution in [2.24, 2.45) is 0 Å². The normalized spacial score (nSPS) is 13.8. The lowest BCUT2D eigenvalue weighted by Gasteiger charge is -2.13. The highest BCUT2D eigenvalue weighted by Gasteiger charge is 2.28. The van der Waals surface area contributed by atoms with Gasteiger partial charge in [0.2, 0.25) is 11.8 Å².